The highest BCUT2D eigenvalue weighted by Gasteiger charge is 2.37. The Morgan fingerprint density at radius 1 is 1.22 bits per heavy atom. The molecular weight excluding hydrogens is 228 g/mol. The zero-order valence-corrected chi connectivity index (χ0v) is 11.6. The van der Waals surface area contributed by atoms with Crippen LogP contribution in [-0.2, 0) is 4.79 Å². The van der Waals surface area contributed by atoms with Gasteiger partial charge in [0.2, 0.25) is 0 Å². The Morgan fingerprint density at radius 3 is 2.44 bits per heavy atom. The summed E-state index contributed by atoms with van der Waals surface area (Å²) in [4.78, 5) is 16.2. The molecule has 0 amide bonds. The number of hydrogen-bond donors (Lipinski definition) is 1. The van der Waals surface area contributed by atoms with Gasteiger partial charge >= 0.3 is 5.97 Å². The Bertz CT molecular complexity index is 286. The van der Waals surface area contributed by atoms with Gasteiger partial charge in [0, 0.05) is 38.8 Å². The first-order valence-corrected chi connectivity index (χ1v) is 7.27. The number of piperazine rings is 1. The van der Waals surface area contributed by atoms with E-state index in [4.69, 9.17) is 0 Å². The first kappa shape index (κ1) is 13.8. The van der Waals surface area contributed by atoms with Crippen LogP contribution in [0, 0.1) is 11.8 Å². The summed E-state index contributed by atoms with van der Waals surface area (Å²) in [5.74, 6) is -0.00134. The van der Waals surface area contributed by atoms with Crippen LogP contribution in [0.3, 0.4) is 0 Å². The predicted octanol–water partition coefficient (Wildman–Crippen LogP) is 1.51. The van der Waals surface area contributed by atoms with Crippen LogP contribution in [0.1, 0.15) is 33.1 Å². The molecular formula is C14H26N2O2. The summed E-state index contributed by atoms with van der Waals surface area (Å²) in [6, 6.07) is 0.295. The minimum atomic E-state index is -0.595. The standard InChI is InChI=1S/C14H26N2O2/c1-11(2)10-15-6-8-16(9-7-15)13-5-3-4-12(13)14(17)18/h11-13H,3-10H2,1-2H3,(H,17,18). The van der Waals surface area contributed by atoms with Crippen LogP contribution in [0.15, 0.2) is 0 Å². The van der Waals surface area contributed by atoms with E-state index in [1.54, 1.807) is 0 Å². The normalized spacial score (nSPS) is 31.1. The van der Waals surface area contributed by atoms with E-state index >= 15 is 0 Å². The van der Waals surface area contributed by atoms with Crippen LogP contribution >= 0.6 is 0 Å². The first-order valence-electron chi connectivity index (χ1n) is 7.27. The van der Waals surface area contributed by atoms with Crippen molar-refractivity contribution < 1.29 is 9.90 Å². The molecule has 104 valence electrons. The molecule has 18 heavy (non-hydrogen) atoms. The van der Waals surface area contributed by atoms with Gasteiger partial charge in [-0.15, -0.1) is 0 Å². The second kappa shape index (κ2) is 6.02. The van der Waals surface area contributed by atoms with Gasteiger partial charge in [0.1, 0.15) is 0 Å². The highest BCUT2D eigenvalue weighted by atomic mass is 16.4. The molecule has 0 bridgehead atoms. The summed E-state index contributed by atoms with van der Waals surface area (Å²) in [5, 5.41) is 9.25. The summed E-state index contributed by atoms with van der Waals surface area (Å²) in [5.41, 5.74) is 0. The van der Waals surface area contributed by atoms with Gasteiger partial charge in [0.15, 0.2) is 0 Å². The Balaban J connectivity index is 1.84. The number of aliphatic carboxylic acids is 1. The number of nitrogens with zero attached hydrogens (tertiary/aromatic N) is 2. The minimum Gasteiger partial charge on any atom is -0.481 e. The van der Waals surface area contributed by atoms with Crippen molar-refractivity contribution in [2.45, 2.75) is 39.2 Å². The highest BCUT2D eigenvalue weighted by Crippen LogP contribution is 2.30. The van der Waals surface area contributed by atoms with E-state index in [9.17, 15) is 9.90 Å². The van der Waals surface area contributed by atoms with Crippen molar-refractivity contribution in [3.8, 4) is 0 Å². The quantitative estimate of drug-likeness (QED) is 0.826. The lowest BCUT2D eigenvalue weighted by molar-refractivity contribution is -0.143. The summed E-state index contributed by atoms with van der Waals surface area (Å²) < 4.78 is 0. The van der Waals surface area contributed by atoms with E-state index in [2.05, 4.69) is 23.6 Å². The van der Waals surface area contributed by atoms with Crippen molar-refractivity contribution in [2.24, 2.45) is 11.8 Å². The van der Waals surface area contributed by atoms with Gasteiger partial charge in [-0.25, -0.2) is 0 Å². The van der Waals surface area contributed by atoms with Gasteiger partial charge < -0.3 is 10.0 Å². The molecule has 2 unspecified atom stereocenters. The molecule has 2 fully saturated rings. The van der Waals surface area contributed by atoms with Crippen LogP contribution in [0.2, 0.25) is 0 Å². The zero-order chi connectivity index (χ0) is 13.1. The molecule has 2 atom stereocenters. The van der Waals surface area contributed by atoms with Crippen molar-refractivity contribution >= 4 is 5.97 Å². The van der Waals surface area contributed by atoms with E-state index < -0.39 is 5.97 Å². The van der Waals surface area contributed by atoms with Gasteiger partial charge in [-0.2, -0.15) is 0 Å². The molecule has 1 heterocycles. The Morgan fingerprint density at radius 2 is 1.89 bits per heavy atom. The molecule has 2 aliphatic rings. The van der Waals surface area contributed by atoms with E-state index in [1.165, 1.54) is 6.54 Å². The molecule has 1 aliphatic carbocycles. The van der Waals surface area contributed by atoms with Crippen LogP contribution in [-0.4, -0.2) is 59.6 Å². The van der Waals surface area contributed by atoms with Gasteiger partial charge in [0.25, 0.3) is 0 Å². The van der Waals surface area contributed by atoms with Crippen molar-refractivity contribution in [2.75, 3.05) is 32.7 Å². The number of carboxylic acids is 1. The van der Waals surface area contributed by atoms with Crippen LogP contribution in [0.5, 0.6) is 0 Å². The van der Waals surface area contributed by atoms with Gasteiger partial charge in [0.05, 0.1) is 5.92 Å². The molecule has 4 nitrogen and oxygen atoms in total. The monoisotopic (exact) mass is 254 g/mol. The third kappa shape index (κ3) is 3.23. The van der Waals surface area contributed by atoms with Crippen molar-refractivity contribution in [1.82, 2.24) is 9.80 Å². The van der Waals surface area contributed by atoms with E-state index in [0.717, 1.165) is 51.4 Å². The third-order valence-corrected chi connectivity index (χ3v) is 4.30. The topological polar surface area (TPSA) is 43.8 Å². The molecule has 0 aromatic rings. The maximum atomic E-state index is 11.2. The zero-order valence-electron chi connectivity index (χ0n) is 11.6. The lowest BCUT2D eigenvalue weighted by atomic mass is 10.0. The molecule has 4 heteroatoms. The maximum Gasteiger partial charge on any atom is 0.308 e. The number of carbonyl (C=O) groups is 1. The van der Waals surface area contributed by atoms with Gasteiger partial charge in [-0.1, -0.05) is 20.3 Å². The van der Waals surface area contributed by atoms with Crippen molar-refractivity contribution in [1.29, 1.82) is 0 Å². The minimum absolute atomic E-state index is 0.123. The Kier molecular flexibility index (Phi) is 4.62. The SMILES string of the molecule is CC(C)CN1CCN(C2CCCC2C(=O)O)CC1. The van der Waals surface area contributed by atoms with Crippen LogP contribution < -0.4 is 0 Å². The van der Waals surface area contributed by atoms with E-state index in [0.29, 0.717) is 6.04 Å². The van der Waals surface area contributed by atoms with Gasteiger partial charge in [-0.3, -0.25) is 9.69 Å². The molecule has 0 aromatic carbocycles. The first-order chi connectivity index (χ1) is 8.58. The summed E-state index contributed by atoms with van der Waals surface area (Å²) in [7, 11) is 0. The third-order valence-electron chi connectivity index (χ3n) is 4.30. The number of hydrogen-bond acceptors (Lipinski definition) is 3. The average Bonchev–Trinajstić information content (AvgIpc) is 2.78. The highest BCUT2D eigenvalue weighted by molar-refractivity contribution is 5.71. The summed E-state index contributed by atoms with van der Waals surface area (Å²) >= 11 is 0. The fourth-order valence-corrected chi connectivity index (χ4v) is 3.46. The molecule has 2 rings (SSSR count). The molecule has 0 radical (unpaired) electrons. The van der Waals surface area contributed by atoms with E-state index in [1.807, 2.05) is 0 Å². The Labute approximate surface area is 110 Å². The summed E-state index contributed by atoms with van der Waals surface area (Å²) in [6.45, 7) is 9.96. The maximum absolute atomic E-state index is 11.2. The second-order valence-corrected chi connectivity index (χ2v) is 6.17. The van der Waals surface area contributed by atoms with Crippen molar-refractivity contribution in [3.63, 3.8) is 0 Å². The molecule has 1 N–H and O–H groups in total. The smallest absolute Gasteiger partial charge is 0.308 e. The number of carboxylic acid groups (broad SMARTS) is 1. The molecule has 0 aromatic heterocycles. The Hall–Kier alpha value is -0.610. The number of rotatable bonds is 4. The fraction of sp³-hybridized carbons (Fsp3) is 0.929. The van der Waals surface area contributed by atoms with Crippen molar-refractivity contribution in [3.05, 3.63) is 0 Å². The van der Waals surface area contributed by atoms with Crippen LogP contribution in [0.4, 0.5) is 0 Å². The fourth-order valence-electron chi connectivity index (χ4n) is 3.46. The average molecular weight is 254 g/mol. The largest absolute Gasteiger partial charge is 0.481 e. The molecule has 1 saturated heterocycles. The molecule has 1 aliphatic heterocycles. The van der Waals surface area contributed by atoms with E-state index in [-0.39, 0.29) is 5.92 Å². The molecule has 1 saturated carbocycles. The van der Waals surface area contributed by atoms with Crippen LogP contribution in [0.25, 0.3) is 0 Å². The second-order valence-electron chi connectivity index (χ2n) is 6.17. The lowest BCUT2D eigenvalue weighted by Crippen LogP contribution is -2.52. The lowest BCUT2D eigenvalue weighted by Gasteiger charge is -2.39. The summed E-state index contributed by atoms with van der Waals surface area (Å²) in [6.07, 6.45) is 3.02. The predicted molar refractivity (Wildman–Crippen MR) is 71.6 cm³/mol. The molecule has 0 spiro atoms. The van der Waals surface area contributed by atoms with Gasteiger partial charge in [-0.05, 0) is 18.8 Å².